The van der Waals surface area contributed by atoms with E-state index in [-0.39, 0.29) is 5.41 Å². The molecule has 0 N–H and O–H groups in total. The summed E-state index contributed by atoms with van der Waals surface area (Å²) >= 11 is 3.43. The highest BCUT2D eigenvalue weighted by Crippen LogP contribution is 2.28. The number of rotatable bonds is 5. The summed E-state index contributed by atoms with van der Waals surface area (Å²) in [6.45, 7) is 9.39. The van der Waals surface area contributed by atoms with E-state index in [0.717, 1.165) is 29.0 Å². The minimum Gasteiger partial charge on any atom is -0.302 e. The highest BCUT2D eigenvalue weighted by atomic mass is 32.2. The number of hydrogen-bond acceptors (Lipinski definition) is 5. The zero-order valence-corrected chi connectivity index (χ0v) is 16.1. The van der Waals surface area contributed by atoms with Gasteiger partial charge < -0.3 is 4.57 Å². The molecule has 4 nitrogen and oxygen atoms in total. The second kappa shape index (κ2) is 7.07. The van der Waals surface area contributed by atoms with Crippen LogP contribution in [-0.4, -0.2) is 19.7 Å². The Morgan fingerprint density at radius 2 is 1.88 bits per heavy atom. The molecule has 0 fully saturated rings. The van der Waals surface area contributed by atoms with Gasteiger partial charge in [-0.05, 0) is 12.5 Å². The topological polar surface area (TPSA) is 43.6 Å². The van der Waals surface area contributed by atoms with Crippen molar-refractivity contribution in [3.8, 4) is 0 Å². The Kier molecular flexibility index (Phi) is 5.06. The number of thioether (sulfide) groups is 1. The predicted molar refractivity (Wildman–Crippen MR) is 101 cm³/mol. The van der Waals surface area contributed by atoms with Gasteiger partial charge in [0.1, 0.15) is 5.82 Å². The van der Waals surface area contributed by atoms with E-state index in [1.54, 1.807) is 23.1 Å². The summed E-state index contributed by atoms with van der Waals surface area (Å²) in [5.41, 5.74) is 2.48. The summed E-state index contributed by atoms with van der Waals surface area (Å²) in [5.74, 6) is 1.76. The van der Waals surface area contributed by atoms with Crippen molar-refractivity contribution in [1.82, 2.24) is 19.7 Å². The first-order chi connectivity index (χ1) is 11.4. The lowest BCUT2D eigenvalue weighted by Gasteiger charge is -2.13. The van der Waals surface area contributed by atoms with Crippen molar-refractivity contribution < 1.29 is 0 Å². The number of hydrogen-bond donors (Lipinski definition) is 0. The number of aryl methyl sites for hydroxylation is 1. The van der Waals surface area contributed by atoms with Crippen LogP contribution in [0.3, 0.4) is 0 Å². The number of nitrogens with zero attached hydrogens (tertiary/aromatic N) is 4. The minimum atomic E-state index is 0.109. The van der Waals surface area contributed by atoms with E-state index in [0.29, 0.717) is 0 Å². The molecule has 2 heterocycles. The molecule has 0 saturated heterocycles. The van der Waals surface area contributed by atoms with Crippen LogP contribution in [0.1, 0.15) is 42.9 Å². The fourth-order valence-corrected chi connectivity index (χ4v) is 4.16. The molecule has 0 saturated carbocycles. The molecule has 0 atom stereocenters. The Morgan fingerprint density at radius 1 is 1.12 bits per heavy atom. The summed E-state index contributed by atoms with van der Waals surface area (Å²) in [6.07, 6.45) is 0. The fraction of sp³-hybridized carbons (Fsp3) is 0.389. The normalized spacial score (nSPS) is 11.8. The minimum absolute atomic E-state index is 0.109. The average Bonchev–Trinajstić information content (AvgIpc) is 3.15. The van der Waals surface area contributed by atoms with Crippen LogP contribution in [0.4, 0.5) is 0 Å². The lowest BCUT2D eigenvalue weighted by atomic mass is 9.98. The van der Waals surface area contributed by atoms with E-state index >= 15 is 0 Å². The van der Waals surface area contributed by atoms with Crippen molar-refractivity contribution in [3.05, 3.63) is 57.8 Å². The maximum atomic E-state index is 4.76. The maximum Gasteiger partial charge on any atom is 0.191 e. The molecule has 6 heteroatoms. The zero-order chi connectivity index (χ0) is 17.2. The molecule has 0 amide bonds. The first-order valence-corrected chi connectivity index (χ1v) is 9.81. The number of aromatic nitrogens is 4. The third-order valence-corrected chi connectivity index (χ3v) is 5.94. The van der Waals surface area contributed by atoms with Gasteiger partial charge in [-0.15, -0.1) is 21.5 Å². The maximum absolute atomic E-state index is 4.76. The van der Waals surface area contributed by atoms with Gasteiger partial charge in [0.15, 0.2) is 5.16 Å². The molecule has 0 aliphatic carbocycles. The van der Waals surface area contributed by atoms with Crippen LogP contribution in [0.25, 0.3) is 0 Å². The largest absolute Gasteiger partial charge is 0.302 e. The van der Waals surface area contributed by atoms with Crippen molar-refractivity contribution in [3.63, 3.8) is 0 Å². The Morgan fingerprint density at radius 3 is 2.54 bits per heavy atom. The molecule has 0 aliphatic rings. The number of benzene rings is 1. The Hall–Kier alpha value is -1.66. The molecule has 24 heavy (non-hydrogen) atoms. The van der Waals surface area contributed by atoms with Crippen LogP contribution in [0.15, 0.2) is 40.9 Å². The van der Waals surface area contributed by atoms with Gasteiger partial charge in [0, 0.05) is 16.5 Å². The highest BCUT2D eigenvalue weighted by molar-refractivity contribution is 7.98. The molecule has 0 aliphatic heterocycles. The Bertz CT molecular complexity index is 800. The standard InChI is InChI=1S/C18H22N4S2/c1-13-20-21-17(22(13)10-14-8-6-5-7-9-14)24-12-15-11-23-16(19-15)18(2,3)4/h5-9,11H,10,12H2,1-4H3. The SMILES string of the molecule is Cc1nnc(SCc2csc(C(C)(C)C)n2)n1Cc1ccccc1. The van der Waals surface area contributed by atoms with Crippen molar-refractivity contribution in [2.24, 2.45) is 0 Å². The molecule has 2 aromatic heterocycles. The second-order valence-electron chi connectivity index (χ2n) is 6.78. The van der Waals surface area contributed by atoms with E-state index < -0.39 is 0 Å². The zero-order valence-electron chi connectivity index (χ0n) is 14.5. The molecule has 3 rings (SSSR count). The Labute approximate surface area is 151 Å². The van der Waals surface area contributed by atoms with Gasteiger partial charge in [-0.1, -0.05) is 62.9 Å². The summed E-state index contributed by atoms with van der Waals surface area (Å²) in [6, 6.07) is 10.4. The lowest BCUT2D eigenvalue weighted by molar-refractivity contribution is 0.584. The van der Waals surface area contributed by atoms with Crippen molar-refractivity contribution in [2.45, 2.75) is 50.6 Å². The average molecular weight is 359 g/mol. The second-order valence-corrected chi connectivity index (χ2v) is 8.58. The van der Waals surface area contributed by atoms with Crippen LogP contribution in [0.5, 0.6) is 0 Å². The van der Waals surface area contributed by atoms with Crippen LogP contribution in [-0.2, 0) is 17.7 Å². The lowest BCUT2D eigenvalue weighted by Crippen LogP contribution is -2.10. The van der Waals surface area contributed by atoms with Gasteiger partial charge in [0.2, 0.25) is 0 Å². The van der Waals surface area contributed by atoms with Crippen LogP contribution >= 0.6 is 23.1 Å². The third-order valence-electron chi connectivity index (χ3n) is 3.63. The van der Waals surface area contributed by atoms with Crippen molar-refractivity contribution >= 4 is 23.1 Å². The molecule has 0 unspecified atom stereocenters. The van der Waals surface area contributed by atoms with Gasteiger partial charge in [-0.25, -0.2) is 4.98 Å². The molecular weight excluding hydrogens is 336 g/mol. The Balaban J connectivity index is 1.71. The molecular formula is C18H22N4S2. The van der Waals surface area contributed by atoms with E-state index in [9.17, 15) is 0 Å². The molecule has 3 aromatic rings. The van der Waals surface area contributed by atoms with Gasteiger partial charge in [0.25, 0.3) is 0 Å². The number of thiazole rings is 1. The van der Waals surface area contributed by atoms with Crippen LogP contribution in [0, 0.1) is 6.92 Å². The summed E-state index contributed by atoms with van der Waals surface area (Å²) in [5, 5.41) is 12.9. The monoisotopic (exact) mass is 358 g/mol. The van der Waals surface area contributed by atoms with Crippen molar-refractivity contribution in [2.75, 3.05) is 0 Å². The van der Waals surface area contributed by atoms with Gasteiger partial charge >= 0.3 is 0 Å². The predicted octanol–water partition coefficient (Wildman–Crippen LogP) is 4.68. The van der Waals surface area contributed by atoms with Gasteiger partial charge in [0.05, 0.1) is 17.2 Å². The van der Waals surface area contributed by atoms with E-state index in [2.05, 4.69) is 65.2 Å². The molecule has 126 valence electrons. The van der Waals surface area contributed by atoms with Gasteiger partial charge in [-0.2, -0.15) is 0 Å². The van der Waals surface area contributed by atoms with Crippen LogP contribution in [0.2, 0.25) is 0 Å². The summed E-state index contributed by atoms with van der Waals surface area (Å²) in [7, 11) is 0. The fourth-order valence-electron chi connectivity index (χ4n) is 2.27. The third kappa shape index (κ3) is 4.05. The molecule has 1 aromatic carbocycles. The molecule has 0 radical (unpaired) electrons. The highest BCUT2D eigenvalue weighted by Gasteiger charge is 2.18. The van der Waals surface area contributed by atoms with E-state index in [1.165, 1.54) is 10.6 Å². The first kappa shape index (κ1) is 17.2. The van der Waals surface area contributed by atoms with Crippen molar-refractivity contribution in [1.29, 1.82) is 0 Å². The van der Waals surface area contributed by atoms with E-state index in [1.807, 2.05) is 13.0 Å². The summed E-state index contributed by atoms with van der Waals surface area (Å²) in [4.78, 5) is 4.76. The first-order valence-electron chi connectivity index (χ1n) is 7.95. The van der Waals surface area contributed by atoms with E-state index in [4.69, 9.17) is 4.98 Å². The van der Waals surface area contributed by atoms with Gasteiger partial charge in [-0.3, -0.25) is 0 Å². The molecule has 0 spiro atoms. The smallest absolute Gasteiger partial charge is 0.191 e. The quantitative estimate of drug-likeness (QED) is 0.621. The molecule has 0 bridgehead atoms. The summed E-state index contributed by atoms with van der Waals surface area (Å²) < 4.78 is 2.16. The van der Waals surface area contributed by atoms with Crippen LogP contribution < -0.4 is 0 Å².